The number of hydrogen-bond donors (Lipinski definition) is 1. The highest BCUT2D eigenvalue weighted by Gasteiger charge is 2.68. The van der Waals surface area contributed by atoms with Crippen LogP contribution in [0.25, 0.3) is 10.9 Å². The molecule has 5 rings (SSSR count). The molecule has 1 saturated heterocycles. The van der Waals surface area contributed by atoms with Crippen molar-refractivity contribution in [3.8, 4) is 0 Å². The van der Waals surface area contributed by atoms with Gasteiger partial charge in [0.1, 0.15) is 0 Å². The van der Waals surface area contributed by atoms with Gasteiger partial charge in [-0.25, -0.2) is 0 Å². The Labute approximate surface area is 173 Å². The number of carbonyl (C=O) groups excluding carboxylic acids is 1. The van der Waals surface area contributed by atoms with Crippen molar-refractivity contribution in [2.75, 3.05) is 6.61 Å². The molecule has 1 aromatic carbocycles. The molecular weight excluding hydrogens is 360 g/mol. The van der Waals surface area contributed by atoms with E-state index in [9.17, 15) is 4.79 Å². The van der Waals surface area contributed by atoms with Crippen LogP contribution in [-0.2, 0) is 9.53 Å². The molecule has 2 heterocycles. The van der Waals surface area contributed by atoms with E-state index in [1.54, 1.807) is 0 Å². The van der Waals surface area contributed by atoms with Crippen LogP contribution in [0.15, 0.2) is 36.5 Å². The van der Waals surface area contributed by atoms with E-state index in [2.05, 4.69) is 55.3 Å². The average Bonchev–Trinajstić information content (AvgIpc) is 3.20. The van der Waals surface area contributed by atoms with Crippen LogP contribution >= 0.6 is 0 Å². The summed E-state index contributed by atoms with van der Waals surface area (Å²) >= 11 is 0. The molecule has 5 atom stereocenters. The molecule has 2 aromatic rings. The minimum atomic E-state index is 0.0864. The fraction of sp³-hybridized carbons (Fsp3) is 0.600. The molecule has 4 heteroatoms. The minimum absolute atomic E-state index is 0.0864. The summed E-state index contributed by atoms with van der Waals surface area (Å²) in [5.41, 5.74) is 2.58. The zero-order chi connectivity index (χ0) is 20.2. The molecule has 1 spiro atoms. The second-order valence-electron chi connectivity index (χ2n) is 10.0. The van der Waals surface area contributed by atoms with Crippen molar-refractivity contribution >= 4 is 16.8 Å². The third kappa shape index (κ3) is 2.75. The van der Waals surface area contributed by atoms with Crippen LogP contribution in [0.1, 0.15) is 64.5 Å². The van der Waals surface area contributed by atoms with Crippen LogP contribution in [0.3, 0.4) is 0 Å². The van der Waals surface area contributed by atoms with Crippen LogP contribution in [0, 0.1) is 22.7 Å². The first kappa shape index (κ1) is 19.0. The SMILES string of the molecule is CCCC(=O)N[C@H]1C(C)(C)[C@@H]2C[C@@H]3[C@@H](c4cccc5ncccc45)OCCC31C2. The Hall–Kier alpha value is -1.94. The second-order valence-corrected chi connectivity index (χ2v) is 10.0. The lowest BCUT2D eigenvalue weighted by molar-refractivity contribution is -0.137. The molecule has 154 valence electrons. The molecule has 1 aromatic heterocycles. The predicted molar refractivity (Wildman–Crippen MR) is 114 cm³/mol. The molecule has 2 aliphatic carbocycles. The van der Waals surface area contributed by atoms with Gasteiger partial charge in [-0.2, -0.15) is 0 Å². The van der Waals surface area contributed by atoms with Gasteiger partial charge in [-0.15, -0.1) is 0 Å². The lowest BCUT2D eigenvalue weighted by atomic mass is 9.58. The Morgan fingerprint density at radius 1 is 1.28 bits per heavy atom. The van der Waals surface area contributed by atoms with E-state index in [1.807, 2.05) is 12.3 Å². The smallest absolute Gasteiger partial charge is 0.220 e. The predicted octanol–water partition coefficient (Wildman–Crippen LogP) is 5.03. The highest BCUT2D eigenvalue weighted by atomic mass is 16.5. The number of ether oxygens (including phenoxy) is 1. The van der Waals surface area contributed by atoms with E-state index in [4.69, 9.17) is 4.74 Å². The van der Waals surface area contributed by atoms with E-state index >= 15 is 0 Å². The molecule has 4 nitrogen and oxygen atoms in total. The molecule has 1 unspecified atom stereocenters. The number of benzene rings is 1. The van der Waals surface area contributed by atoms with E-state index in [1.165, 1.54) is 23.8 Å². The molecule has 2 bridgehead atoms. The number of hydrogen-bond acceptors (Lipinski definition) is 3. The number of nitrogens with one attached hydrogen (secondary N) is 1. The minimum Gasteiger partial charge on any atom is -0.373 e. The van der Waals surface area contributed by atoms with Gasteiger partial charge in [-0.3, -0.25) is 9.78 Å². The molecule has 29 heavy (non-hydrogen) atoms. The van der Waals surface area contributed by atoms with Crippen molar-refractivity contribution in [2.24, 2.45) is 22.7 Å². The first-order valence-electron chi connectivity index (χ1n) is 11.2. The Balaban J connectivity index is 1.54. The molecule has 1 aliphatic heterocycles. The first-order chi connectivity index (χ1) is 14.0. The monoisotopic (exact) mass is 392 g/mol. The third-order valence-corrected chi connectivity index (χ3v) is 8.27. The highest BCUT2D eigenvalue weighted by Crippen LogP contribution is 2.70. The summed E-state index contributed by atoms with van der Waals surface area (Å²) in [7, 11) is 0. The van der Waals surface area contributed by atoms with E-state index in [0.29, 0.717) is 18.3 Å². The summed E-state index contributed by atoms with van der Waals surface area (Å²) in [6.45, 7) is 7.57. The first-order valence-corrected chi connectivity index (χ1v) is 11.2. The molecular formula is C25H32N2O2. The maximum Gasteiger partial charge on any atom is 0.220 e. The maximum absolute atomic E-state index is 12.6. The lowest BCUT2D eigenvalue weighted by Gasteiger charge is -2.53. The second kappa shape index (κ2) is 6.80. The van der Waals surface area contributed by atoms with Gasteiger partial charge in [-0.05, 0) is 66.0 Å². The fourth-order valence-electron chi connectivity index (χ4n) is 6.93. The van der Waals surface area contributed by atoms with Gasteiger partial charge < -0.3 is 10.1 Å². The Morgan fingerprint density at radius 3 is 2.97 bits per heavy atom. The molecule has 1 amide bonds. The quantitative estimate of drug-likeness (QED) is 0.794. The topological polar surface area (TPSA) is 51.2 Å². The van der Waals surface area contributed by atoms with Gasteiger partial charge in [0.15, 0.2) is 0 Å². The number of aromatic nitrogens is 1. The zero-order valence-corrected chi connectivity index (χ0v) is 17.8. The number of rotatable bonds is 4. The number of fused-ring (bicyclic) bond motifs is 2. The van der Waals surface area contributed by atoms with Gasteiger partial charge in [0, 0.05) is 30.7 Å². The van der Waals surface area contributed by atoms with Crippen LogP contribution in [0.5, 0.6) is 0 Å². The number of nitrogens with zero attached hydrogens (tertiary/aromatic N) is 1. The molecule has 0 radical (unpaired) electrons. The van der Waals surface area contributed by atoms with Crippen LogP contribution < -0.4 is 5.32 Å². The summed E-state index contributed by atoms with van der Waals surface area (Å²) < 4.78 is 6.46. The summed E-state index contributed by atoms with van der Waals surface area (Å²) in [5, 5.41) is 4.69. The van der Waals surface area contributed by atoms with Crippen LogP contribution in [0.4, 0.5) is 0 Å². The van der Waals surface area contributed by atoms with Crippen molar-refractivity contribution in [3.05, 3.63) is 42.1 Å². The molecule has 3 aliphatic rings. The van der Waals surface area contributed by atoms with Crippen molar-refractivity contribution < 1.29 is 9.53 Å². The Bertz CT molecular complexity index is 934. The summed E-state index contributed by atoms with van der Waals surface area (Å²) in [6, 6.07) is 10.8. The van der Waals surface area contributed by atoms with Crippen molar-refractivity contribution in [1.29, 1.82) is 0 Å². The average molecular weight is 393 g/mol. The summed E-state index contributed by atoms with van der Waals surface area (Å²) in [5.74, 6) is 1.30. The Morgan fingerprint density at radius 2 is 2.14 bits per heavy atom. The van der Waals surface area contributed by atoms with Crippen molar-refractivity contribution in [1.82, 2.24) is 10.3 Å². The van der Waals surface area contributed by atoms with E-state index in [0.717, 1.165) is 25.0 Å². The third-order valence-electron chi connectivity index (χ3n) is 8.27. The maximum atomic E-state index is 12.6. The van der Waals surface area contributed by atoms with Gasteiger partial charge in [0.05, 0.1) is 11.6 Å². The number of pyridine rings is 1. The van der Waals surface area contributed by atoms with Gasteiger partial charge in [-0.1, -0.05) is 39.0 Å². The van der Waals surface area contributed by atoms with Crippen LogP contribution in [-0.4, -0.2) is 23.5 Å². The largest absolute Gasteiger partial charge is 0.373 e. The Kier molecular flexibility index (Phi) is 4.47. The highest BCUT2D eigenvalue weighted by molar-refractivity contribution is 5.82. The molecule has 1 N–H and O–H groups in total. The van der Waals surface area contributed by atoms with E-state index < -0.39 is 0 Å². The van der Waals surface area contributed by atoms with Gasteiger partial charge in [0.2, 0.25) is 5.91 Å². The summed E-state index contributed by atoms with van der Waals surface area (Å²) in [6.07, 6.45) is 6.91. The normalized spacial score (nSPS) is 34.9. The molecule has 3 fully saturated rings. The van der Waals surface area contributed by atoms with Crippen molar-refractivity contribution in [3.63, 3.8) is 0 Å². The van der Waals surface area contributed by atoms with Gasteiger partial charge in [0.25, 0.3) is 0 Å². The van der Waals surface area contributed by atoms with Crippen molar-refractivity contribution in [2.45, 2.75) is 65.0 Å². The number of amides is 1. The standard InChI is InChI=1S/C25H32N2O2/c1-4-7-21(28)27-23-24(2,3)16-14-19-22(29-13-11-25(19,23)15-16)18-8-5-10-20-17(18)9-6-12-26-20/h5-6,8-10,12,16,19,22-23H,4,7,11,13-15H2,1-3H3,(H,27,28)/t16-,19-,22-,23+,25?/m1/s1. The summed E-state index contributed by atoms with van der Waals surface area (Å²) in [4.78, 5) is 17.2. The fourth-order valence-corrected chi connectivity index (χ4v) is 6.93. The number of carbonyl (C=O) groups is 1. The lowest BCUT2D eigenvalue weighted by Crippen LogP contribution is -2.58. The van der Waals surface area contributed by atoms with Crippen LogP contribution in [0.2, 0.25) is 0 Å². The van der Waals surface area contributed by atoms with E-state index in [-0.39, 0.29) is 28.9 Å². The van der Waals surface area contributed by atoms with Gasteiger partial charge >= 0.3 is 0 Å². The molecule has 2 saturated carbocycles. The zero-order valence-electron chi connectivity index (χ0n) is 17.8.